The number of nitrogens with zero attached hydrogens (tertiary/aromatic N) is 3. The van der Waals surface area contributed by atoms with Crippen LogP contribution in [0, 0.1) is 0 Å². The average molecular weight is 1380 g/mol. The van der Waals surface area contributed by atoms with Gasteiger partial charge in [0.25, 0.3) is 6.71 Å². The number of benzene rings is 17. The fraction of sp³-hybridized carbons (Fsp3) is 0.0192. The van der Waals surface area contributed by atoms with Gasteiger partial charge in [-0.1, -0.05) is 352 Å². The monoisotopic (exact) mass is 1380 g/mol. The minimum atomic E-state index is -0.720. The Morgan fingerprint density at radius 3 is 0.981 bits per heavy atom. The molecule has 0 atom stereocenters. The molecule has 0 N–H and O–H groups in total. The Morgan fingerprint density at radius 1 is 0.241 bits per heavy atom. The molecule has 4 heteroatoms. The molecule has 0 bridgehead atoms. The van der Waals surface area contributed by atoms with Gasteiger partial charge in [-0.15, -0.1) is 0 Å². The number of hydrogen-bond acceptors (Lipinski definition) is 2. The molecule has 17 aromatic carbocycles. The predicted molar refractivity (Wildman–Crippen MR) is 451 cm³/mol. The first-order valence-electron chi connectivity index (χ1n) is 41.0. The number of aromatic nitrogens is 1. The molecule has 0 spiro atoms. The lowest BCUT2D eigenvalue weighted by Crippen LogP contribution is -2.61. The number of hydrogen-bond donors (Lipinski definition) is 0. The lowest BCUT2D eigenvalue weighted by Gasteiger charge is -2.45. The largest absolute Gasteiger partial charge is 0.311 e. The van der Waals surface area contributed by atoms with Crippen LogP contribution in [0.5, 0.6) is 0 Å². The Kier molecular flexibility index (Phi) is 12.2. The van der Waals surface area contributed by atoms with Crippen LogP contribution in [0.15, 0.2) is 412 Å². The van der Waals surface area contributed by atoms with Gasteiger partial charge in [0.2, 0.25) is 0 Å². The minimum absolute atomic E-state index is 0.00842. The van der Waals surface area contributed by atoms with E-state index in [9.17, 15) is 11.0 Å². The molecule has 3 nitrogen and oxygen atoms in total. The topological polar surface area (TPSA) is 11.4 Å². The molecule has 18 aromatic rings. The highest BCUT2D eigenvalue weighted by Gasteiger charge is 2.50. The Morgan fingerprint density at radius 2 is 0.574 bits per heavy atom. The lowest BCUT2D eigenvalue weighted by atomic mass is 9.33. The minimum Gasteiger partial charge on any atom is -0.311 e. The molecular formula is C104H68BN3. The van der Waals surface area contributed by atoms with Crippen LogP contribution in [0.3, 0.4) is 0 Å². The standard InChI is InChI=1S/C104H68BN3/c1-7-31-69(32-8-1)71-57-61-98-92(65-71)105-93-66-72(70-33-9-2-10-34-70)58-62-99(93)108(95-52-28-22-44-81(95)74-56-60-85-83-46-20-26-50-89(83)104(91(85)64-74,77-39-15-5-16-40-77)78-41-17-6-18-42-78)101-68-79(106-96-53-29-23-47-86(96)87-48-24-30-54-97(87)106)67-100(102(101)105)107(98)94-51-27-21-43-80(94)73-55-59-84-82-45-19-25-49-88(82)103(90(84)63-73,75-35-11-3-12-36-75)76-37-13-4-14-38-76/h1-68H/i23D,24D,29D,30D,47D,48D,53D,54D. The fourth-order valence-corrected chi connectivity index (χ4v) is 19.0. The number of anilines is 6. The summed E-state index contributed by atoms with van der Waals surface area (Å²) in [5, 5.41) is -0.0168. The van der Waals surface area contributed by atoms with Gasteiger partial charge < -0.3 is 14.4 Å². The maximum absolute atomic E-state index is 10.1. The summed E-state index contributed by atoms with van der Waals surface area (Å²) in [5.74, 6) is 0. The summed E-state index contributed by atoms with van der Waals surface area (Å²) in [6.07, 6.45) is 0. The third-order valence-electron chi connectivity index (χ3n) is 23.4. The summed E-state index contributed by atoms with van der Waals surface area (Å²) >= 11 is 0. The smallest absolute Gasteiger partial charge is 0.252 e. The first-order chi connectivity index (χ1) is 56.9. The van der Waals surface area contributed by atoms with Crippen LogP contribution in [0.25, 0.3) is 94.3 Å². The molecule has 502 valence electrons. The average Bonchev–Trinajstić information content (AvgIpc) is 0.932. The summed E-state index contributed by atoms with van der Waals surface area (Å²) in [5.41, 5.74) is 28.8. The second-order valence-electron chi connectivity index (χ2n) is 28.7. The van der Waals surface area contributed by atoms with Crippen LogP contribution in [-0.2, 0) is 10.8 Å². The Labute approximate surface area is 640 Å². The highest BCUT2D eigenvalue weighted by atomic mass is 15.2. The SMILES string of the molecule is [2H]c1c([2H])c([2H])c2c(c1[2H])c1c([2H])c([2H])c([2H])c([2H])c1n2-c1cc2c3c(c1)N(c1ccccc1-c1ccc4c(c1)C(c1ccccc1)(c1ccccc1)c1ccccc1-4)c1ccc(-c4ccccc4)cc1B3c1cc(-c3ccccc3)ccc1N2c1ccccc1-c1ccc2c(c1)C(c1ccccc1)(c1ccccc1)c1ccccc1-2. The zero-order valence-electron chi connectivity index (χ0n) is 66.6. The Hall–Kier alpha value is -13.8. The summed E-state index contributed by atoms with van der Waals surface area (Å²) in [6.45, 7) is -0.502. The second-order valence-corrected chi connectivity index (χ2v) is 28.7. The van der Waals surface area contributed by atoms with Crippen molar-refractivity contribution in [2.24, 2.45) is 0 Å². The van der Waals surface area contributed by atoms with Crippen molar-refractivity contribution >= 4 is 79.0 Å². The van der Waals surface area contributed by atoms with Gasteiger partial charge in [-0.2, -0.15) is 0 Å². The molecule has 0 amide bonds. The maximum atomic E-state index is 10.1. The molecule has 0 saturated heterocycles. The third-order valence-corrected chi connectivity index (χ3v) is 23.4. The van der Waals surface area contributed by atoms with E-state index < -0.39 is 53.8 Å². The van der Waals surface area contributed by atoms with Crippen LogP contribution in [0.1, 0.15) is 55.5 Å². The molecule has 3 heterocycles. The highest BCUT2D eigenvalue weighted by molar-refractivity contribution is 7.00. The molecule has 0 fully saturated rings. The van der Waals surface area contributed by atoms with Crippen molar-refractivity contribution in [1.82, 2.24) is 4.57 Å². The molecule has 4 aliphatic rings. The van der Waals surface area contributed by atoms with Crippen molar-refractivity contribution in [3.63, 3.8) is 0 Å². The number of rotatable bonds is 11. The summed E-state index contributed by atoms with van der Waals surface area (Å²) in [4.78, 5) is 4.78. The van der Waals surface area contributed by atoms with Gasteiger partial charge in [0, 0.05) is 44.6 Å². The fourth-order valence-electron chi connectivity index (χ4n) is 19.0. The van der Waals surface area contributed by atoms with Gasteiger partial charge in [-0.3, -0.25) is 0 Å². The maximum Gasteiger partial charge on any atom is 0.252 e. The van der Waals surface area contributed by atoms with Gasteiger partial charge in [-0.25, -0.2) is 0 Å². The summed E-state index contributed by atoms with van der Waals surface area (Å²) in [7, 11) is 0. The second kappa shape index (κ2) is 24.4. The van der Waals surface area contributed by atoms with E-state index in [0.717, 1.165) is 140 Å². The molecule has 1 aromatic heterocycles. The van der Waals surface area contributed by atoms with Crippen molar-refractivity contribution in [2.45, 2.75) is 10.8 Å². The lowest BCUT2D eigenvalue weighted by molar-refractivity contribution is 0.769. The molecule has 22 rings (SSSR count). The highest BCUT2D eigenvalue weighted by Crippen LogP contribution is 2.60. The quantitative estimate of drug-likeness (QED) is 0.120. The molecule has 0 unspecified atom stereocenters. The van der Waals surface area contributed by atoms with E-state index in [2.05, 4.69) is 374 Å². The van der Waals surface area contributed by atoms with Crippen LogP contribution >= 0.6 is 0 Å². The van der Waals surface area contributed by atoms with Crippen molar-refractivity contribution < 1.29 is 11.0 Å². The Balaban J connectivity index is 0.872. The number of para-hydroxylation sites is 4. The Bertz CT molecular complexity index is 6640. The molecule has 2 aliphatic heterocycles. The van der Waals surface area contributed by atoms with Gasteiger partial charge in [-0.05, 0) is 177 Å². The van der Waals surface area contributed by atoms with Gasteiger partial charge in [0.05, 0.1) is 49.9 Å². The molecule has 0 saturated carbocycles. The molecule has 2 aliphatic carbocycles. The van der Waals surface area contributed by atoms with E-state index in [1.165, 1.54) is 22.3 Å². The summed E-state index contributed by atoms with van der Waals surface area (Å²) < 4.78 is 79.0. The normalized spacial score (nSPS) is 14.7. The van der Waals surface area contributed by atoms with E-state index in [4.69, 9.17) is 0 Å². The molecule has 0 radical (unpaired) electrons. The van der Waals surface area contributed by atoms with Crippen LogP contribution in [0.4, 0.5) is 34.1 Å². The number of fused-ring (bicyclic) bond motifs is 13. The zero-order valence-corrected chi connectivity index (χ0v) is 58.6. The first kappa shape index (κ1) is 53.9. The zero-order chi connectivity index (χ0) is 78.0. The molecule has 108 heavy (non-hydrogen) atoms. The van der Waals surface area contributed by atoms with Crippen molar-refractivity contribution in [3.05, 3.63) is 457 Å². The van der Waals surface area contributed by atoms with Crippen LogP contribution < -0.4 is 26.2 Å². The first-order valence-corrected chi connectivity index (χ1v) is 37.0. The van der Waals surface area contributed by atoms with Gasteiger partial charge in [0.1, 0.15) is 0 Å². The van der Waals surface area contributed by atoms with Gasteiger partial charge >= 0.3 is 0 Å². The van der Waals surface area contributed by atoms with Crippen LogP contribution in [0.2, 0.25) is 0 Å². The van der Waals surface area contributed by atoms with E-state index in [1.807, 2.05) is 0 Å². The molecular weight excluding hydrogens is 1300 g/mol. The van der Waals surface area contributed by atoms with E-state index in [1.54, 1.807) is 4.57 Å². The van der Waals surface area contributed by atoms with E-state index in [0.29, 0.717) is 5.69 Å². The van der Waals surface area contributed by atoms with Gasteiger partial charge in [0.15, 0.2) is 0 Å². The van der Waals surface area contributed by atoms with Crippen molar-refractivity contribution in [3.8, 4) is 72.4 Å². The predicted octanol–water partition coefficient (Wildman–Crippen LogP) is 24.3. The summed E-state index contributed by atoms with van der Waals surface area (Å²) in [6, 6.07) is 128. The third kappa shape index (κ3) is 8.98. The van der Waals surface area contributed by atoms with Crippen LogP contribution in [-0.4, -0.2) is 11.3 Å². The van der Waals surface area contributed by atoms with Crippen molar-refractivity contribution in [2.75, 3.05) is 9.80 Å². The van der Waals surface area contributed by atoms with E-state index >= 15 is 0 Å². The van der Waals surface area contributed by atoms with Crippen molar-refractivity contribution in [1.29, 1.82) is 0 Å². The van der Waals surface area contributed by atoms with E-state index in [-0.39, 0.29) is 33.9 Å².